The van der Waals surface area contributed by atoms with Crippen molar-refractivity contribution in [1.29, 1.82) is 0 Å². The topological polar surface area (TPSA) is 59.9 Å². The molecule has 1 N–H and O–H groups in total. The minimum Gasteiger partial charge on any atom is -0.494 e. The van der Waals surface area contributed by atoms with Gasteiger partial charge in [0.25, 0.3) is 5.56 Å². The lowest BCUT2D eigenvalue weighted by molar-refractivity contribution is 0.309. The summed E-state index contributed by atoms with van der Waals surface area (Å²) in [6, 6.07) is 11.3. The number of unbranched alkanes of at least 4 members (excludes halogenated alkanes) is 1. The highest BCUT2D eigenvalue weighted by Crippen LogP contribution is 2.20. The van der Waals surface area contributed by atoms with Gasteiger partial charge in [-0.05, 0) is 49.7 Å². The molecular weight excluding hydrogens is 302 g/mol. The van der Waals surface area contributed by atoms with Gasteiger partial charge in [-0.3, -0.25) is 14.9 Å². The van der Waals surface area contributed by atoms with Crippen LogP contribution in [0.4, 0.5) is 0 Å². The minimum atomic E-state index is -0.0616. The lowest BCUT2D eigenvalue weighted by Crippen LogP contribution is -2.15. The van der Waals surface area contributed by atoms with Crippen molar-refractivity contribution < 1.29 is 4.74 Å². The van der Waals surface area contributed by atoms with E-state index < -0.39 is 0 Å². The summed E-state index contributed by atoms with van der Waals surface area (Å²) in [6.07, 6.45) is 5.59. The van der Waals surface area contributed by atoms with E-state index in [1.165, 1.54) is 0 Å². The second-order valence-electron chi connectivity index (χ2n) is 5.69. The van der Waals surface area contributed by atoms with Crippen LogP contribution < -0.4 is 10.3 Å². The molecule has 3 aromatic rings. The van der Waals surface area contributed by atoms with Gasteiger partial charge in [-0.15, -0.1) is 0 Å². The van der Waals surface area contributed by atoms with Crippen LogP contribution in [0.5, 0.6) is 5.75 Å². The summed E-state index contributed by atoms with van der Waals surface area (Å²) < 4.78 is 7.21. The second-order valence-corrected chi connectivity index (χ2v) is 5.69. The lowest BCUT2D eigenvalue weighted by Gasteiger charge is -2.07. The minimum absolute atomic E-state index is 0.0616. The molecule has 124 valence electrons. The van der Waals surface area contributed by atoms with E-state index in [1.807, 2.05) is 43.3 Å². The van der Waals surface area contributed by atoms with E-state index >= 15 is 0 Å². The first-order valence-corrected chi connectivity index (χ1v) is 8.16. The maximum absolute atomic E-state index is 12.5. The van der Waals surface area contributed by atoms with Gasteiger partial charge in [0.15, 0.2) is 0 Å². The Labute approximate surface area is 140 Å². The number of benzene rings is 1. The summed E-state index contributed by atoms with van der Waals surface area (Å²) in [6.45, 7) is 4.66. The van der Waals surface area contributed by atoms with Gasteiger partial charge in [0.2, 0.25) is 0 Å². The third-order valence-corrected chi connectivity index (χ3v) is 3.93. The zero-order valence-electron chi connectivity index (χ0n) is 14.0. The number of rotatable bonds is 6. The fourth-order valence-electron chi connectivity index (χ4n) is 2.52. The average Bonchev–Trinajstić information content (AvgIpc) is 2.92. The molecule has 0 amide bonds. The Hall–Kier alpha value is -2.82. The summed E-state index contributed by atoms with van der Waals surface area (Å²) in [7, 11) is 0. The van der Waals surface area contributed by atoms with Gasteiger partial charge in [0, 0.05) is 23.5 Å². The SMILES string of the molecule is CCCCOc1ccc(-n2[nH]c(-c3cccnc3)c(C)c2=O)cc1. The molecule has 5 nitrogen and oxygen atoms in total. The van der Waals surface area contributed by atoms with Gasteiger partial charge in [0.05, 0.1) is 18.0 Å². The van der Waals surface area contributed by atoms with E-state index in [1.54, 1.807) is 17.1 Å². The van der Waals surface area contributed by atoms with E-state index in [4.69, 9.17) is 4.74 Å². The maximum Gasteiger partial charge on any atom is 0.274 e. The van der Waals surface area contributed by atoms with Crippen LogP contribution in [-0.4, -0.2) is 21.4 Å². The quantitative estimate of drug-likeness (QED) is 0.703. The van der Waals surface area contributed by atoms with Crippen LogP contribution in [0.25, 0.3) is 16.9 Å². The number of nitrogens with zero attached hydrogens (tertiary/aromatic N) is 2. The van der Waals surface area contributed by atoms with Crippen LogP contribution in [0, 0.1) is 6.92 Å². The third kappa shape index (κ3) is 3.25. The van der Waals surface area contributed by atoms with E-state index in [-0.39, 0.29) is 5.56 Å². The summed E-state index contributed by atoms with van der Waals surface area (Å²) >= 11 is 0. The Morgan fingerprint density at radius 1 is 1.21 bits per heavy atom. The normalized spacial score (nSPS) is 10.8. The third-order valence-electron chi connectivity index (χ3n) is 3.93. The van der Waals surface area contributed by atoms with E-state index in [2.05, 4.69) is 17.0 Å². The highest BCUT2D eigenvalue weighted by molar-refractivity contribution is 5.61. The van der Waals surface area contributed by atoms with Gasteiger partial charge in [-0.25, -0.2) is 4.68 Å². The number of H-pyrrole nitrogens is 1. The maximum atomic E-state index is 12.5. The fourth-order valence-corrected chi connectivity index (χ4v) is 2.52. The Morgan fingerprint density at radius 3 is 2.67 bits per heavy atom. The monoisotopic (exact) mass is 323 g/mol. The van der Waals surface area contributed by atoms with Crippen molar-refractivity contribution in [1.82, 2.24) is 14.8 Å². The number of aromatic nitrogens is 3. The van der Waals surface area contributed by atoms with Crippen LogP contribution in [0.1, 0.15) is 25.3 Å². The van der Waals surface area contributed by atoms with Gasteiger partial charge in [-0.2, -0.15) is 0 Å². The van der Waals surface area contributed by atoms with E-state index in [0.717, 1.165) is 35.5 Å². The van der Waals surface area contributed by atoms with Crippen molar-refractivity contribution >= 4 is 0 Å². The van der Waals surface area contributed by atoms with Gasteiger partial charge in [-0.1, -0.05) is 13.3 Å². The van der Waals surface area contributed by atoms with Gasteiger partial charge >= 0.3 is 0 Å². The average molecular weight is 323 g/mol. The number of nitrogens with one attached hydrogen (secondary N) is 1. The molecular formula is C19H21N3O2. The molecule has 0 spiro atoms. The van der Waals surface area contributed by atoms with Crippen molar-refractivity contribution in [2.45, 2.75) is 26.7 Å². The van der Waals surface area contributed by atoms with E-state index in [0.29, 0.717) is 12.2 Å². The molecule has 2 heterocycles. The summed E-state index contributed by atoms with van der Waals surface area (Å²) in [5.74, 6) is 0.816. The Kier molecular flexibility index (Phi) is 4.79. The molecule has 24 heavy (non-hydrogen) atoms. The molecule has 0 aliphatic heterocycles. The van der Waals surface area contributed by atoms with Crippen LogP contribution in [-0.2, 0) is 0 Å². The lowest BCUT2D eigenvalue weighted by atomic mass is 10.1. The van der Waals surface area contributed by atoms with Gasteiger partial charge < -0.3 is 4.74 Å². The van der Waals surface area contributed by atoms with Crippen molar-refractivity contribution in [3.63, 3.8) is 0 Å². The molecule has 0 radical (unpaired) electrons. The molecule has 3 rings (SSSR count). The Bertz CT molecular complexity index is 849. The zero-order valence-corrected chi connectivity index (χ0v) is 14.0. The highest BCUT2D eigenvalue weighted by atomic mass is 16.5. The van der Waals surface area contributed by atoms with Crippen LogP contribution >= 0.6 is 0 Å². The molecule has 0 atom stereocenters. The molecule has 0 unspecified atom stereocenters. The molecule has 0 saturated heterocycles. The van der Waals surface area contributed by atoms with Crippen LogP contribution in [0.2, 0.25) is 0 Å². The van der Waals surface area contributed by atoms with Gasteiger partial charge in [0.1, 0.15) is 5.75 Å². The smallest absolute Gasteiger partial charge is 0.274 e. The van der Waals surface area contributed by atoms with Crippen molar-refractivity contribution in [3.8, 4) is 22.7 Å². The summed E-state index contributed by atoms with van der Waals surface area (Å²) in [4.78, 5) is 16.7. The number of ether oxygens (including phenoxy) is 1. The summed E-state index contributed by atoms with van der Waals surface area (Å²) in [5, 5.41) is 3.18. The molecule has 2 aromatic heterocycles. The molecule has 0 bridgehead atoms. The highest BCUT2D eigenvalue weighted by Gasteiger charge is 2.13. The molecule has 1 aromatic carbocycles. The molecule has 0 saturated carbocycles. The second kappa shape index (κ2) is 7.17. The van der Waals surface area contributed by atoms with Crippen LogP contribution in [0.15, 0.2) is 53.6 Å². The van der Waals surface area contributed by atoms with Crippen LogP contribution in [0.3, 0.4) is 0 Å². The number of pyridine rings is 1. The predicted octanol–water partition coefficient (Wildman–Crippen LogP) is 3.71. The first-order valence-electron chi connectivity index (χ1n) is 8.16. The predicted molar refractivity (Wildman–Crippen MR) is 94.8 cm³/mol. The number of aromatic amines is 1. The number of hydrogen-bond donors (Lipinski definition) is 1. The molecule has 0 aliphatic carbocycles. The standard InChI is InChI=1S/C19H21N3O2/c1-3-4-12-24-17-9-7-16(8-10-17)22-19(23)14(2)18(21-22)15-6-5-11-20-13-15/h5-11,13,21H,3-4,12H2,1-2H3. The number of hydrogen-bond acceptors (Lipinski definition) is 3. The van der Waals surface area contributed by atoms with Crippen molar-refractivity contribution in [2.24, 2.45) is 0 Å². The largest absolute Gasteiger partial charge is 0.494 e. The van der Waals surface area contributed by atoms with Crippen molar-refractivity contribution in [2.75, 3.05) is 6.61 Å². The Morgan fingerprint density at radius 2 is 2.00 bits per heavy atom. The fraction of sp³-hybridized carbons (Fsp3) is 0.263. The first kappa shape index (κ1) is 16.1. The molecule has 5 heteroatoms. The Balaban J connectivity index is 1.89. The zero-order chi connectivity index (χ0) is 16.9. The van der Waals surface area contributed by atoms with E-state index in [9.17, 15) is 4.79 Å². The molecule has 0 aliphatic rings. The van der Waals surface area contributed by atoms with Crippen molar-refractivity contribution in [3.05, 3.63) is 64.7 Å². The molecule has 0 fully saturated rings. The first-order chi connectivity index (χ1) is 11.7. The summed E-state index contributed by atoms with van der Waals surface area (Å²) in [5.41, 5.74) is 3.07.